The highest BCUT2D eigenvalue weighted by atomic mass is 19.4. The third kappa shape index (κ3) is 5.81. The number of nitrogens with zero attached hydrogens (tertiary/aromatic N) is 4. The zero-order chi connectivity index (χ0) is 28.4. The first-order chi connectivity index (χ1) is 19.8. The van der Waals surface area contributed by atoms with Crippen molar-refractivity contribution >= 4 is 28.4 Å². The van der Waals surface area contributed by atoms with E-state index in [2.05, 4.69) is 10.3 Å². The molecule has 2 heterocycles. The van der Waals surface area contributed by atoms with Crippen LogP contribution in [0.1, 0.15) is 11.1 Å². The van der Waals surface area contributed by atoms with Crippen LogP contribution in [0, 0.1) is 0 Å². The van der Waals surface area contributed by atoms with Crippen molar-refractivity contribution in [1.82, 2.24) is 19.5 Å². The molecule has 0 fully saturated rings. The van der Waals surface area contributed by atoms with E-state index in [0.717, 1.165) is 23.6 Å². The van der Waals surface area contributed by atoms with Crippen LogP contribution in [0.2, 0.25) is 0 Å². The molecule has 0 spiro atoms. The van der Waals surface area contributed by atoms with E-state index >= 15 is 0 Å². The molecule has 0 saturated heterocycles. The van der Waals surface area contributed by atoms with Crippen molar-refractivity contribution in [2.75, 3.05) is 11.1 Å². The molecule has 0 amide bonds. The number of imidazole rings is 1. The van der Waals surface area contributed by atoms with Crippen LogP contribution in [0.15, 0.2) is 109 Å². The van der Waals surface area contributed by atoms with Gasteiger partial charge in [-0.2, -0.15) is 13.2 Å². The van der Waals surface area contributed by atoms with Gasteiger partial charge in [0.2, 0.25) is 0 Å². The zero-order valence-corrected chi connectivity index (χ0v) is 21.5. The molecular weight excluding hydrogens is 529 g/mol. The van der Waals surface area contributed by atoms with Gasteiger partial charge in [-0.3, -0.25) is 0 Å². The average molecular weight is 553 g/mol. The number of benzene rings is 4. The molecule has 41 heavy (non-hydrogen) atoms. The highest BCUT2D eigenvalue weighted by Gasteiger charge is 2.30. The van der Waals surface area contributed by atoms with Crippen molar-refractivity contribution in [1.29, 1.82) is 0 Å². The Kier molecular flexibility index (Phi) is 6.72. The predicted octanol–water partition coefficient (Wildman–Crippen LogP) is 7.68. The summed E-state index contributed by atoms with van der Waals surface area (Å²) in [4.78, 5) is 14.0. The van der Waals surface area contributed by atoms with Gasteiger partial charge >= 0.3 is 6.18 Å². The molecule has 7 nitrogen and oxygen atoms in total. The number of hydrogen-bond donors (Lipinski definition) is 2. The third-order valence-corrected chi connectivity index (χ3v) is 6.34. The molecule has 0 aliphatic carbocycles. The molecule has 204 valence electrons. The number of ether oxygens (including phenoxy) is 1. The third-order valence-electron chi connectivity index (χ3n) is 6.34. The lowest BCUT2D eigenvalue weighted by Crippen LogP contribution is -2.06. The molecule has 0 aliphatic heterocycles. The van der Waals surface area contributed by atoms with Crippen LogP contribution in [0.25, 0.3) is 22.6 Å². The maximum Gasteiger partial charge on any atom is 0.416 e. The summed E-state index contributed by atoms with van der Waals surface area (Å²) in [7, 11) is 0. The molecule has 0 unspecified atom stereocenters. The van der Waals surface area contributed by atoms with Gasteiger partial charge in [0.05, 0.1) is 18.4 Å². The standard InChI is InChI=1S/C31H23F3N6O/c32-31(33,34)22-11-9-20(10-12-22)18-40-19-36-27-29(38-28(39-30(27)40)21-5-4-6-23(35)17-21)37-24-13-15-26(16-14-24)41-25-7-2-1-3-8-25/h1-17,19H,18,35H2,(H,37,38,39). The number of para-hydroxylation sites is 1. The van der Waals surface area contributed by atoms with E-state index in [9.17, 15) is 13.2 Å². The molecular formula is C31H23F3N6O. The summed E-state index contributed by atoms with van der Waals surface area (Å²) in [5, 5.41) is 3.33. The molecule has 0 saturated carbocycles. The lowest BCUT2D eigenvalue weighted by atomic mass is 10.1. The fourth-order valence-electron chi connectivity index (χ4n) is 4.32. The number of halogens is 3. The van der Waals surface area contributed by atoms with Gasteiger partial charge in [-0.1, -0.05) is 42.5 Å². The first-order valence-electron chi connectivity index (χ1n) is 12.7. The van der Waals surface area contributed by atoms with E-state index in [1.807, 2.05) is 66.7 Å². The Morgan fingerprint density at radius 2 is 1.54 bits per heavy atom. The number of nitrogens with one attached hydrogen (secondary N) is 1. The van der Waals surface area contributed by atoms with E-state index in [4.69, 9.17) is 20.4 Å². The van der Waals surface area contributed by atoms with Crippen molar-refractivity contribution in [2.24, 2.45) is 0 Å². The molecule has 10 heteroatoms. The zero-order valence-electron chi connectivity index (χ0n) is 21.5. The number of nitrogens with two attached hydrogens (primary N) is 1. The summed E-state index contributed by atoms with van der Waals surface area (Å²) in [5.41, 5.74) is 9.04. The summed E-state index contributed by atoms with van der Waals surface area (Å²) >= 11 is 0. The van der Waals surface area contributed by atoms with Crippen LogP contribution < -0.4 is 15.8 Å². The number of nitrogen functional groups attached to an aromatic ring is 1. The van der Waals surface area contributed by atoms with Gasteiger partial charge < -0.3 is 20.4 Å². The highest BCUT2D eigenvalue weighted by Crippen LogP contribution is 2.31. The second kappa shape index (κ2) is 10.6. The molecule has 2 aromatic heterocycles. The molecule has 0 atom stereocenters. The summed E-state index contributed by atoms with van der Waals surface area (Å²) in [6, 6.07) is 29.2. The molecule has 0 bridgehead atoms. The van der Waals surface area contributed by atoms with Crippen LogP contribution in [0.3, 0.4) is 0 Å². The van der Waals surface area contributed by atoms with Gasteiger partial charge in [-0.15, -0.1) is 0 Å². The molecule has 0 aliphatic rings. The Hall–Kier alpha value is -5.38. The Morgan fingerprint density at radius 3 is 2.24 bits per heavy atom. The second-order valence-electron chi connectivity index (χ2n) is 9.33. The SMILES string of the molecule is Nc1cccc(-c2nc(Nc3ccc(Oc4ccccc4)cc3)c3ncn(Cc4ccc(C(F)(F)F)cc4)c3n2)c1. The first-order valence-corrected chi connectivity index (χ1v) is 12.7. The number of hydrogen-bond acceptors (Lipinski definition) is 6. The molecule has 4 aromatic carbocycles. The fraction of sp³-hybridized carbons (Fsp3) is 0.0645. The number of alkyl halides is 3. The van der Waals surface area contributed by atoms with Gasteiger partial charge in [0, 0.05) is 16.9 Å². The minimum atomic E-state index is -4.40. The van der Waals surface area contributed by atoms with E-state index in [0.29, 0.717) is 45.4 Å². The molecule has 6 rings (SSSR count). The van der Waals surface area contributed by atoms with Crippen LogP contribution in [0.4, 0.5) is 30.4 Å². The Balaban J connectivity index is 1.34. The van der Waals surface area contributed by atoms with Gasteiger partial charge in [0.1, 0.15) is 11.5 Å². The Bertz CT molecular complexity index is 1800. The molecule has 3 N–H and O–H groups in total. The van der Waals surface area contributed by atoms with Gasteiger partial charge in [-0.05, 0) is 66.2 Å². The van der Waals surface area contributed by atoms with Gasteiger partial charge in [0.25, 0.3) is 0 Å². The average Bonchev–Trinajstić information content (AvgIpc) is 3.37. The predicted molar refractivity (Wildman–Crippen MR) is 152 cm³/mol. The summed E-state index contributed by atoms with van der Waals surface area (Å²) in [6.07, 6.45) is -2.80. The summed E-state index contributed by atoms with van der Waals surface area (Å²) < 4.78 is 46.7. The maximum atomic E-state index is 13.0. The van der Waals surface area contributed by atoms with E-state index in [1.54, 1.807) is 23.0 Å². The van der Waals surface area contributed by atoms with E-state index in [1.165, 1.54) is 12.1 Å². The van der Waals surface area contributed by atoms with Crippen LogP contribution in [-0.4, -0.2) is 19.5 Å². The van der Waals surface area contributed by atoms with Gasteiger partial charge in [0.15, 0.2) is 22.8 Å². The summed E-state index contributed by atoms with van der Waals surface area (Å²) in [5.74, 6) is 2.30. The molecule has 6 aromatic rings. The smallest absolute Gasteiger partial charge is 0.416 e. The number of aromatic nitrogens is 4. The Labute approximate surface area is 233 Å². The van der Waals surface area contributed by atoms with E-state index in [-0.39, 0.29) is 6.54 Å². The van der Waals surface area contributed by atoms with Crippen molar-refractivity contribution in [3.8, 4) is 22.9 Å². The number of fused-ring (bicyclic) bond motifs is 1. The fourth-order valence-corrected chi connectivity index (χ4v) is 4.32. The van der Waals surface area contributed by atoms with Crippen LogP contribution in [-0.2, 0) is 12.7 Å². The maximum absolute atomic E-state index is 13.0. The largest absolute Gasteiger partial charge is 0.457 e. The van der Waals surface area contributed by atoms with Crippen molar-refractivity contribution < 1.29 is 17.9 Å². The normalized spacial score (nSPS) is 11.5. The van der Waals surface area contributed by atoms with Crippen molar-refractivity contribution in [3.63, 3.8) is 0 Å². The second-order valence-corrected chi connectivity index (χ2v) is 9.33. The minimum Gasteiger partial charge on any atom is -0.457 e. The molecule has 0 radical (unpaired) electrons. The quantitative estimate of drug-likeness (QED) is 0.198. The number of anilines is 3. The first kappa shape index (κ1) is 25.9. The van der Waals surface area contributed by atoms with Crippen LogP contribution in [0.5, 0.6) is 11.5 Å². The topological polar surface area (TPSA) is 90.9 Å². The number of rotatable bonds is 7. The summed E-state index contributed by atoms with van der Waals surface area (Å²) in [6.45, 7) is 0.271. The highest BCUT2D eigenvalue weighted by molar-refractivity contribution is 5.87. The lowest BCUT2D eigenvalue weighted by Gasteiger charge is -2.12. The van der Waals surface area contributed by atoms with Crippen molar-refractivity contribution in [3.05, 3.63) is 121 Å². The Morgan fingerprint density at radius 1 is 0.805 bits per heavy atom. The van der Waals surface area contributed by atoms with Gasteiger partial charge in [-0.25, -0.2) is 15.0 Å². The minimum absolute atomic E-state index is 0.271. The van der Waals surface area contributed by atoms with E-state index < -0.39 is 11.7 Å². The van der Waals surface area contributed by atoms with Crippen LogP contribution >= 0.6 is 0 Å². The lowest BCUT2D eigenvalue weighted by molar-refractivity contribution is -0.137. The van der Waals surface area contributed by atoms with Crippen molar-refractivity contribution in [2.45, 2.75) is 12.7 Å². The monoisotopic (exact) mass is 552 g/mol.